The van der Waals surface area contributed by atoms with Crippen molar-refractivity contribution in [3.8, 4) is 0 Å². The molecule has 2 atom stereocenters. The highest BCUT2D eigenvalue weighted by Gasteiger charge is 2.60. The summed E-state index contributed by atoms with van der Waals surface area (Å²) < 4.78 is 0. The van der Waals surface area contributed by atoms with Crippen LogP contribution in [0, 0.1) is 31.1 Å². The van der Waals surface area contributed by atoms with Crippen molar-refractivity contribution in [2.24, 2.45) is 23.0 Å². The Bertz CT molecular complexity index is 604. The van der Waals surface area contributed by atoms with Crippen LogP contribution in [0.1, 0.15) is 55.2 Å². The molecule has 0 aliphatic heterocycles. The lowest BCUT2D eigenvalue weighted by Crippen LogP contribution is -2.58. The van der Waals surface area contributed by atoms with E-state index in [1.165, 1.54) is 36.0 Å². The summed E-state index contributed by atoms with van der Waals surface area (Å²) in [5, 5.41) is 0. The molecule has 1 aromatic rings. The zero-order valence-electron chi connectivity index (χ0n) is 13.1. The summed E-state index contributed by atoms with van der Waals surface area (Å²) >= 11 is 0. The third-order valence-electron chi connectivity index (χ3n) is 6.70. The summed E-state index contributed by atoms with van der Waals surface area (Å²) in [6.07, 6.45) is 6.94. The van der Waals surface area contributed by atoms with Gasteiger partial charge in [-0.1, -0.05) is 18.2 Å². The predicted octanol–water partition coefficient (Wildman–Crippen LogP) is 3.63. The number of hydrogen-bond acceptors (Lipinski definition) is 1. The Morgan fingerprint density at radius 3 is 2.33 bits per heavy atom. The zero-order valence-corrected chi connectivity index (χ0v) is 13.1. The first kappa shape index (κ1) is 13.4. The van der Waals surface area contributed by atoms with E-state index < -0.39 is 0 Å². The van der Waals surface area contributed by atoms with Crippen LogP contribution in [0.25, 0.3) is 0 Å². The quantitative estimate of drug-likeness (QED) is 0.885. The Morgan fingerprint density at radius 1 is 1.10 bits per heavy atom. The highest BCUT2D eigenvalue weighted by Crippen LogP contribution is 2.65. The number of primary amides is 1. The van der Waals surface area contributed by atoms with E-state index in [-0.39, 0.29) is 16.7 Å². The maximum absolute atomic E-state index is 12.2. The minimum absolute atomic E-state index is 0.0372. The van der Waals surface area contributed by atoms with Crippen molar-refractivity contribution < 1.29 is 4.79 Å². The van der Waals surface area contributed by atoms with E-state index in [2.05, 4.69) is 32.0 Å². The fourth-order valence-electron chi connectivity index (χ4n) is 5.96. The smallest absolute Gasteiger partial charge is 0.223 e. The lowest BCUT2D eigenvalue weighted by Gasteiger charge is -2.61. The van der Waals surface area contributed by atoms with Gasteiger partial charge in [-0.2, -0.15) is 0 Å². The second kappa shape index (κ2) is 4.12. The molecule has 5 rings (SSSR count). The van der Waals surface area contributed by atoms with Crippen LogP contribution in [0.5, 0.6) is 0 Å². The van der Waals surface area contributed by atoms with Crippen molar-refractivity contribution in [1.29, 1.82) is 0 Å². The van der Waals surface area contributed by atoms with Gasteiger partial charge in [-0.3, -0.25) is 4.79 Å². The zero-order chi connectivity index (χ0) is 14.8. The molecule has 4 saturated carbocycles. The molecule has 112 valence electrons. The second-order valence-corrected chi connectivity index (χ2v) is 8.18. The Hall–Kier alpha value is -1.31. The molecule has 1 amide bonds. The first-order valence-electron chi connectivity index (χ1n) is 8.30. The molecule has 2 heteroatoms. The van der Waals surface area contributed by atoms with E-state index in [0.717, 1.165) is 19.3 Å². The highest BCUT2D eigenvalue weighted by molar-refractivity contribution is 5.81. The number of aryl methyl sites for hydroxylation is 2. The van der Waals surface area contributed by atoms with Crippen LogP contribution in [-0.4, -0.2) is 5.91 Å². The van der Waals surface area contributed by atoms with Crippen LogP contribution in [-0.2, 0) is 10.2 Å². The molecule has 4 aliphatic rings. The first-order chi connectivity index (χ1) is 9.92. The molecule has 21 heavy (non-hydrogen) atoms. The molecule has 0 saturated heterocycles. The van der Waals surface area contributed by atoms with Crippen LogP contribution in [0.2, 0.25) is 0 Å². The Morgan fingerprint density at radius 2 is 1.76 bits per heavy atom. The third kappa shape index (κ3) is 1.81. The summed E-state index contributed by atoms with van der Waals surface area (Å²) in [6, 6.07) is 6.93. The normalized spacial score (nSPS) is 40.5. The van der Waals surface area contributed by atoms with Gasteiger partial charge in [0.2, 0.25) is 5.91 Å². The number of hydrogen-bond donors (Lipinski definition) is 1. The summed E-state index contributed by atoms with van der Waals surface area (Å²) in [7, 11) is 0. The molecule has 0 unspecified atom stereocenters. The van der Waals surface area contributed by atoms with Crippen molar-refractivity contribution in [2.75, 3.05) is 0 Å². The van der Waals surface area contributed by atoms with Gasteiger partial charge in [-0.05, 0) is 86.3 Å². The molecule has 0 spiro atoms. The van der Waals surface area contributed by atoms with E-state index in [9.17, 15) is 4.79 Å². The molecule has 2 N–H and O–H groups in total. The van der Waals surface area contributed by atoms with Gasteiger partial charge in [0.15, 0.2) is 0 Å². The van der Waals surface area contributed by atoms with Crippen LogP contribution < -0.4 is 5.73 Å². The van der Waals surface area contributed by atoms with Gasteiger partial charge >= 0.3 is 0 Å². The minimum Gasteiger partial charge on any atom is -0.369 e. The van der Waals surface area contributed by atoms with Crippen LogP contribution in [0.4, 0.5) is 0 Å². The summed E-state index contributed by atoms with van der Waals surface area (Å²) in [4.78, 5) is 12.2. The number of benzene rings is 1. The minimum atomic E-state index is -0.205. The Labute approximate surface area is 127 Å². The molecular formula is C19H25NO. The van der Waals surface area contributed by atoms with E-state index >= 15 is 0 Å². The number of rotatable bonds is 2. The third-order valence-corrected chi connectivity index (χ3v) is 6.70. The van der Waals surface area contributed by atoms with Gasteiger partial charge in [0.05, 0.1) is 5.41 Å². The molecule has 0 aromatic heterocycles. The van der Waals surface area contributed by atoms with Crippen LogP contribution in [0.15, 0.2) is 18.2 Å². The maximum atomic E-state index is 12.2. The van der Waals surface area contributed by atoms with E-state index in [1.807, 2.05) is 0 Å². The number of carbonyl (C=O) groups excluding carboxylic acids is 1. The van der Waals surface area contributed by atoms with E-state index in [4.69, 9.17) is 5.73 Å². The summed E-state index contributed by atoms with van der Waals surface area (Å²) in [5.74, 6) is 1.38. The van der Waals surface area contributed by atoms with E-state index in [1.54, 1.807) is 0 Å². The average molecular weight is 283 g/mol. The lowest BCUT2D eigenvalue weighted by molar-refractivity contribution is -0.145. The maximum Gasteiger partial charge on any atom is 0.223 e. The van der Waals surface area contributed by atoms with Gasteiger partial charge < -0.3 is 5.73 Å². The second-order valence-electron chi connectivity index (χ2n) is 8.18. The largest absolute Gasteiger partial charge is 0.369 e. The number of carbonyl (C=O) groups is 1. The molecule has 1 aromatic carbocycles. The molecule has 4 bridgehead atoms. The van der Waals surface area contributed by atoms with Crippen molar-refractivity contribution in [3.05, 3.63) is 34.9 Å². The van der Waals surface area contributed by atoms with Crippen molar-refractivity contribution in [3.63, 3.8) is 0 Å². The summed E-state index contributed by atoms with van der Waals surface area (Å²) in [6.45, 7) is 4.37. The monoisotopic (exact) mass is 283 g/mol. The van der Waals surface area contributed by atoms with Crippen LogP contribution >= 0.6 is 0 Å². The number of nitrogens with two attached hydrogens (primary N) is 1. The molecular weight excluding hydrogens is 258 g/mol. The SMILES string of the molecule is Cc1ccc(C23C[C@@H]4C[C@H](CC(C(N)=O)(C4)C2)C3)cc1C. The van der Waals surface area contributed by atoms with Gasteiger partial charge in [0.25, 0.3) is 0 Å². The van der Waals surface area contributed by atoms with Crippen LogP contribution in [0.3, 0.4) is 0 Å². The standard InChI is InChI=1S/C19H25NO/c1-12-3-4-16(5-13(12)2)18-7-14-6-15(8-18)10-19(9-14,11-18)17(20)21/h3-5,14-15H,6-11H2,1-2H3,(H2,20,21)/t14-,15-,18?,19?/m0/s1. The molecule has 4 fully saturated rings. The fraction of sp³-hybridized carbons (Fsp3) is 0.632. The Kier molecular flexibility index (Phi) is 2.62. The molecule has 4 aliphatic carbocycles. The fourth-order valence-corrected chi connectivity index (χ4v) is 5.96. The van der Waals surface area contributed by atoms with Gasteiger partial charge in [0.1, 0.15) is 0 Å². The van der Waals surface area contributed by atoms with Gasteiger partial charge in [0, 0.05) is 0 Å². The summed E-state index contributed by atoms with van der Waals surface area (Å²) in [5.41, 5.74) is 10.0. The lowest BCUT2D eigenvalue weighted by atomic mass is 9.42. The molecule has 0 heterocycles. The molecule has 2 nitrogen and oxygen atoms in total. The predicted molar refractivity (Wildman–Crippen MR) is 83.9 cm³/mol. The van der Waals surface area contributed by atoms with Gasteiger partial charge in [-0.25, -0.2) is 0 Å². The number of amides is 1. The highest BCUT2D eigenvalue weighted by atomic mass is 16.1. The molecule has 0 radical (unpaired) electrons. The van der Waals surface area contributed by atoms with Crippen molar-refractivity contribution in [1.82, 2.24) is 0 Å². The first-order valence-corrected chi connectivity index (χ1v) is 8.30. The van der Waals surface area contributed by atoms with E-state index in [0.29, 0.717) is 11.8 Å². The van der Waals surface area contributed by atoms with Crippen molar-refractivity contribution in [2.45, 2.75) is 57.8 Å². The van der Waals surface area contributed by atoms with Crippen molar-refractivity contribution >= 4 is 5.91 Å². The average Bonchev–Trinajstić information content (AvgIpc) is 2.40. The Balaban J connectivity index is 1.80. The topological polar surface area (TPSA) is 43.1 Å². The van der Waals surface area contributed by atoms with Gasteiger partial charge in [-0.15, -0.1) is 0 Å².